The molecule has 0 bridgehead atoms. The zero-order valence-electron chi connectivity index (χ0n) is 9.67. The van der Waals surface area contributed by atoms with E-state index in [0.717, 1.165) is 12.8 Å². The molecule has 1 fully saturated rings. The first-order chi connectivity index (χ1) is 7.19. The van der Waals surface area contributed by atoms with E-state index in [-0.39, 0.29) is 5.78 Å². The van der Waals surface area contributed by atoms with E-state index in [0.29, 0.717) is 19.3 Å². The molecule has 0 heterocycles. The molecule has 0 aliphatic heterocycles. The Labute approximate surface area is 92.4 Å². The van der Waals surface area contributed by atoms with Crippen molar-refractivity contribution in [1.29, 1.82) is 0 Å². The van der Waals surface area contributed by atoms with Gasteiger partial charge in [-0.1, -0.05) is 31.9 Å². The first-order valence-corrected chi connectivity index (χ1v) is 6.10. The fourth-order valence-electron chi connectivity index (χ4n) is 2.04. The van der Waals surface area contributed by atoms with E-state index in [1.807, 2.05) is 6.08 Å². The number of rotatable bonds is 6. The average molecular weight is 210 g/mol. The fraction of sp³-hybridized carbons (Fsp3) is 0.769. The van der Waals surface area contributed by atoms with Crippen molar-refractivity contribution in [3.05, 3.63) is 12.2 Å². The average Bonchev–Trinajstić information content (AvgIpc) is 2.54. The molecule has 0 aromatic carbocycles. The predicted molar refractivity (Wildman–Crippen MR) is 61.7 cm³/mol. The van der Waals surface area contributed by atoms with Crippen molar-refractivity contribution in [1.82, 2.24) is 0 Å². The number of carbonyl (C=O) groups excluding carboxylic acids is 1. The highest BCUT2D eigenvalue weighted by Gasteiger charge is 2.38. The van der Waals surface area contributed by atoms with Crippen LogP contribution >= 0.6 is 0 Å². The van der Waals surface area contributed by atoms with Gasteiger partial charge in [-0.15, -0.1) is 0 Å². The van der Waals surface area contributed by atoms with Gasteiger partial charge in [-0.25, -0.2) is 0 Å². The van der Waals surface area contributed by atoms with Gasteiger partial charge in [-0.3, -0.25) is 4.79 Å². The van der Waals surface area contributed by atoms with Crippen molar-refractivity contribution in [2.24, 2.45) is 0 Å². The van der Waals surface area contributed by atoms with Gasteiger partial charge in [-0.05, 0) is 25.7 Å². The van der Waals surface area contributed by atoms with E-state index in [9.17, 15) is 9.90 Å². The quantitative estimate of drug-likeness (QED) is 0.540. The summed E-state index contributed by atoms with van der Waals surface area (Å²) < 4.78 is 0. The van der Waals surface area contributed by atoms with E-state index < -0.39 is 5.60 Å². The molecule has 2 nitrogen and oxygen atoms in total. The van der Waals surface area contributed by atoms with Crippen molar-refractivity contribution >= 4 is 5.78 Å². The van der Waals surface area contributed by atoms with Crippen LogP contribution in [0, 0.1) is 0 Å². The van der Waals surface area contributed by atoms with Crippen LogP contribution in [0.2, 0.25) is 0 Å². The Balaban J connectivity index is 2.21. The lowest BCUT2D eigenvalue weighted by Crippen LogP contribution is -2.32. The van der Waals surface area contributed by atoms with Gasteiger partial charge in [0.2, 0.25) is 0 Å². The van der Waals surface area contributed by atoms with Crippen LogP contribution < -0.4 is 0 Å². The minimum atomic E-state index is -1.03. The number of aliphatic hydroxyl groups is 1. The zero-order chi connectivity index (χ0) is 11.1. The molecule has 1 saturated carbocycles. The van der Waals surface area contributed by atoms with Crippen LogP contribution in [0.15, 0.2) is 12.2 Å². The normalized spacial score (nSPS) is 26.7. The third kappa shape index (κ3) is 3.78. The molecule has 15 heavy (non-hydrogen) atoms. The fourth-order valence-corrected chi connectivity index (χ4v) is 2.04. The van der Waals surface area contributed by atoms with E-state index in [2.05, 4.69) is 13.0 Å². The summed E-state index contributed by atoms with van der Waals surface area (Å²) in [6, 6.07) is 0. The molecular formula is C13H22O2. The third-order valence-corrected chi connectivity index (χ3v) is 3.11. The minimum Gasteiger partial charge on any atom is -0.382 e. The monoisotopic (exact) mass is 210 g/mol. The highest BCUT2D eigenvalue weighted by molar-refractivity contribution is 5.89. The molecule has 1 aliphatic rings. The molecule has 1 atom stereocenters. The van der Waals surface area contributed by atoms with Crippen molar-refractivity contribution in [2.75, 3.05) is 0 Å². The van der Waals surface area contributed by atoms with Gasteiger partial charge in [0.25, 0.3) is 0 Å². The number of Topliss-reactive ketones (excluding diaryl/α,β-unsaturated/α-hetero) is 1. The van der Waals surface area contributed by atoms with Crippen LogP contribution in [0.25, 0.3) is 0 Å². The van der Waals surface area contributed by atoms with Gasteiger partial charge in [0.05, 0.1) is 0 Å². The standard InChI is InChI=1S/C13H22O2/c1-2-3-4-5-6-7-10-13(15)11-8-9-12(13)14/h6-7,15H,2-5,8-11H2,1H3. The van der Waals surface area contributed by atoms with Gasteiger partial charge < -0.3 is 5.11 Å². The number of ketones is 1. The maximum absolute atomic E-state index is 11.4. The minimum absolute atomic E-state index is 0.0284. The summed E-state index contributed by atoms with van der Waals surface area (Å²) in [6.45, 7) is 2.18. The van der Waals surface area contributed by atoms with E-state index >= 15 is 0 Å². The topological polar surface area (TPSA) is 37.3 Å². The van der Waals surface area contributed by atoms with Crippen LogP contribution in [-0.4, -0.2) is 16.5 Å². The Kier molecular flexibility index (Phi) is 5.03. The lowest BCUT2D eigenvalue weighted by atomic mass is 9.96. The molecule has 1 N–H and O–H groups in total. The molecule has 2 heteroatoms. The van der Waals surface area contributed by atoms with Crippen LogP contribution in [0.4, 0.5) is 0 Å². The number of carbonyl (C=O) groups is 1. The summed E-state index contributed by atoms with van der Waals surface area (Å²) in [5, 5.41) is 9.96. The Morgan fingerprint density at radius 1 is 1.40 bits per heavy atom. The van der Waals surface area contributed by atoms with E-state index in [4.69, 9.17) is 0 Å². The van der Waals surface area contributed by atoms with E-state index in [1.165, 1.54) is 19.3 Å². The first-order valence-electron chi connectivity index (χ1n) is 6.10. The van der Waals surface area contributed by atoms with Crippen molar-refractivity contribution in [3.8, 4) is 0 Å². The molecular weight excluding hydrogens is 188 g/mol. The molecule has 1 rings (SSSR count). The molecule has 0 spiro atoms. The van der Waals surface area contributed by atoms with Crippen molar-refractivity contribution < 1.29 is 9.90 Å². The van der Waals surface area contributed by atoms with Crippen LogP contribution in [-0.2, 0) is 4.79 Å². The van der Waals surface area contributed by atoms with E-state index in [1.54, 1.807) is 0 Å². The summed E-state index contributed by atoms with van der Waals surface area (Å²) in [5.41, 5.74) is -1.03. The molecule has 86 valence electrons. The van der Waals surface area contributed by atoms with Gasteiger partial charge in [-0.2, -0.15) is 0 Å². The summed E-state index contributed by atoms with van der Waals surface area (Å²) in [6.07, 6.45) is 11.4. The molecule has 1 unspecified atom stereocenters. The van der Waals surface area contributed by atoms with Crippen LogP contribution in [0.5, 0.6) is 0 Å². The highest BCUT2D eigenvalue weighted by Crippen LogP contribution is 2.29. The first kappa shape index (κ1) is 12.4. The van der Waals surface area contributed by atoms with Crippen LogP contribution in [0.3, 0.4) is 0 Å². The lowest BCUT2D eigenvalue weighted by Gasteiger charge is -2.17. The highest BCUT2D eigenvalue weighted by atomic mass is 16.3. The molecule has 0 radical (unpaired) electrons. The van der Waals surface area contributed by atoms with Gasteiger partial charge in [0.1, 0.15) is 5.60 Å². The number of unbranched alkanes of at least 4 members (excludes halogenated alkanes) is 3. The maximum atomic E-state index is 11.4. The second-order valence-corrected chi connectivity index (χ2v) is 4.48. The van der Waals surface area contributed by atoms with Crippen molar-refractivity contribution in [2.45, 2.75) is 63.9 Å². The Morgan fingerprint density at radius 2 is 2.20 bits per heavy atom. The summed E-state index contributed by atoms with van der Waals surface area (Å²) in [5.74, 6) is 0.0284. The summed E-state index contributed by atoms with van der Waals surface area (Å²) in [4.78, 5) is 11.4. The summed E-state index contributed by atoms with van der Waals surface area (Å²) in [7, 11) is 0. The predicted octanol–water partition coefficient (Wildman–Crippen LogP) is 3.00. The molecule has 0 aromatic rings. The summed E-state index contributed by atoms with van der Waals surface area (Å²) >= 11 is 0. The zero-order valence-corrected chi connectivity index (χ0v) is 9.67. The second kappa shape index (κ2) is 6.06. The largest absolute Gasteiger partial charge is 0.382 e. The Bertz CT molecular complexity index is 233. The Morgan fingerprint density at radius 3 is 2.80 bits per heavy atom. The van der Waals surface area contributed by atoms with Crippen molar-refractivity contribution in [3.63, 3.8) is 0 Å². The molecule has 0 aromatic heterocycles. The number of allylic oxidation sites excluding steroid dienone is 1. The number of hydrogen-bond acceptors (Lipinski definition) is 2. The van der Waals surface area contributed by atoms with Gasteiger partial charge >= 0.3 is 0 Å². The Hall–Kier alpha value is -0.630. The SMILES string of the molecule is CCCCCC=CCC1(O)CCCC1=O. The molecule has 1 aliphatic carbocycles. The maximum Gasteiger partial charge on any atom is 0.164 e. The molecule has 0 saturated heterocycles. The second-order valence-electron chi connectivity index (χ2n) is 4.48. The number of hydrogen-bond donors (Lipinski definition) is 1. The molecule has 0 amide bonds. The smallest absolute Gasteiger partial charge is 0.164 e. The van der Waals surface area contributed by atoms with Gasteiger partial charge in [0, 0.05) is 12.8 Å². The van der Waals surface area contributed by atoms with Gasteiger partial charge in [0.15, 0.2) is 5.78 Å². The third-order valence-electron chi connectivity index (χ3n) is 3.11. The lowest BCUT2D eigenvalue weighted by molar-refractivity contribution is -0.133. The van der Waals surface area contributed by atoms with Crippen LogP contribution in [0.1, 0.15) is 58.3 Å².